The fourth-order valence-corrected chi connectivity index (χ4v) is 3.59. The SMILES string of the molecule is O=C1/C(=C\C=C\c2ccccc2[N+](=O)[O-])SC(=S)N1c1ccc(O)cc1. The third kappa shape index (κ3) is 3.66. The summed E-state index contributed by atoms with van der Waals surface area (Å²) in [5, 5.41) is 20.4. The van der Waals surface area contributed by atoms with E-state index in [0.717, 1.165) is 11.8 Å². The van der Waals surface area contributed by atoms with E-state index in [2.05, 4.69) is 0 Å². The molecule has 130 valence electrons. The molecule has 1 N–H and O–H groups in total. The topological polar surface area (TPSA) is 83.7 Å². The van der Waals surface area contributed by atoms with Crippen LogP contribution in [0.2, 0.25) is 0 Å². The molecule has 1 saturated heterocycles. The van der Waals surface area contributed by atoms with Crippen molar-refractivity contribution in [1.29, 1.82) is 0 Å². The molecule has 0 saturated carbocycles. The quantitative estimate of drug-likeness (QED) is 0.367. The predicted octanol–water partition coefficient (Wildman–Crippen LogP) is 4.26. The monoisotopic (exact) mass is 384 g/mol. The third-order valence-electron chi connectivity index (χ3n) is 3.56. The molecule has 3 rings (SSSR count). The Morgan fingerprint density at radius 1 is 1.15 bits per heavy atom. The van der Waals surface area contributed by atoms with Gasteiger partial charge in [-0.05, 0) is 42.5 Å². The van der Waals surface area contributed by atoms with Crippen LogP contribution in [0.25, 0.3) is 6.08 Å². The number of carbonyl (C=O) groups is 1. The Hall–Kier alpha value is -2.97. The van der Waals surface area contributed by atoms with Crippen LogP contribution < -0.4 is 4.90 Å². The summed E-state index contributed by atoms with van der Waals surface area (Å²) in [5.41, 5.74) is 1.01. The van der Waals surface area contributed by atoms with E-state index in [0.29, 0.717) is 20.5 Å². The standard InChI is InChI=1S/C18H12N2O4S2/c21-14-10-8-13(9-11-14)19-17(22)16(26-18(19)25)7-3-5-12-4-1-2-6-15(12)20(23)24/h1-11,21H/b5-3+,16-7+. The van der Waals surface area contributed by atoms with E-state index in [4.69, 9.17) is 12.2 Å². The zero-order chi connectivity index (χ0) is 18.7. The number of hydrogen-bond acceptors (Lipinski definition) is 6. The average Bonchev–Trinajstić information content (AvgIpc) is 2.90. The molecule has 1 fully saturated rings. The molecule has 0 atom stereocenters. The summed E-state index contributed by atoms with van der Waals surface area (Å²) in [6, 6.07) is 12.5. The molecular weight excluding hydrogens is 372 g/mol. The van der Waals surface area contributed by atoms with Crippen molar-refractivity contribution in [2.45, 2.75) is 0 Å². The van der Waals surface area contributed by atoms with Crippen LogP contribution in [0.5, 0.6) is 5.75 Å². The average molecular weight is 384 g/mol. The number of allylic oxidation sites excluding steroid dienone is 2. The van der Waals surface area contributed by atoms with E-state index in [9.17, 15) is 20.0 Å². The first kappa shape index (κ1) is 17.8. The number of nitro benzene ring substituents is 1. The van der Waals surface area contributed by atoms with Crippen LogP contribution in [0.3, 0.4) is 0 Å². The molecule has 2 aromatic rings. The second-order valence-electron chi connectivity index (χ2n) is 5.23. The maximum atomic E-state index is 12.6. The lowest BCUT2D eigenvalue weighted by Crippen LogP contribution is -2.27. The lowest BCUT2D eigenvalue weighted by molar-refractivity contribution is -0.385. The number of para-hydroxylation sites is 1. The van der Waals surface area contributed by atoms with E-state index in [1.165, 1.54) is 23.1 Å². The fourth-order valence-electron chi connectivity index (χ4n) is 2.34. The highest BCUT2D eigenvalue weighted by Crippen LogP contribution is 2.35. The predicted molar refractivity (Wildman–Crippen MR) is 106 cm³/mol. The van der Waals surface area contributed by atoms with E-state index in [1.54, 1.807) is 48.6 Å². The lowest BCUT2D eigenvalue weighted by Gasteiger charge is -2.14. The summed E-state index contributed by atoms with van der Waals surface area (Å²) in [4.78, 5) is 24.9. The number of nitrogens with zero attached hydrogens (tertiary/aromatic N) is 2. The van der Waals surface area contributed by atoms with Gasteiger partial charge in [0.2, 0.25) is 0 Å². The normalized spacial score (nSPS) is 16.0. The van der Waals surface area contributed by atoms with Crippen LogP contribution in [0.1, 0.15) is 5.56 Å². The van der Waals surface area contributed by atoms with Crippen molar-refractivity contribution in [3.63, 3.8) is 0 Å². The van der Waals surface area contributed by atoms with Crippen LogP contribution >= 0.6 is 24.0 Å². The van der Waals surface area contributed by atoms with Gasteiger partial charge in [0.25, 0.3) is 11.6 Å². The summed E-state index contributed by atoms with van der Waals surface area (Å²) >= 11 is 6.41. The molecule has 0 bridgehead atoms. The second kappa shape index (κ2) is 7.51. The molecular formula is C18H12N2O4S2. The van der Waals surface area contributed by atoms with Crippen molar-refractivity contribution in [2.75, 3.05) is 4.90 Å². The molecule has 2 aromatic carbocycles. The number of phenolic OH excluding ortho intramolecular Hbond substituents is 1. The van der Waals surface area contributed by atoms with E-state index in [1.807, 2.05) is 0 Å². The number of carbonyl (C=O) groups excluding carboxylic acids is 1. The molecule has 0 aliphatic carbocycles. The number of phenols is 1. The number of rotatable bonds is 4. The number of benzene rings is 2. The van der Waals surface area contributed by atoms with Crippen LogP contribution in [-0.4, -0.2) is 20.3 Å². The highest BCUT2D eigenvalue weighted by molar-refractivity contribution is 8.27. The maximum absolute atomic E-state index is 12.6. The number of hydrogen-bond donors (Lipinski definition) is 1. The Bertz CT molecular complexity index is 952. The highest BCUT2D eigenvalue weighted by atomic mass is 32.2. The van der Waals surface area contributed by atoms with Crippen molar-refractivity contribution in [3.8, 4) is 5.75 Å². The van der Waals surface area contributed by atoms with Gasteiger partial charge in [0.15, 0.2) is 4.32 Å². The number of anilines is 1. The molecule has 8 heteroatoms. The Morgan fingerprint density at radius 2 is 1.85 bits per heavy atom. The number of thioether (sulfide) groups is 1. The summed E-state index contributed by atoms with van der Waals surface area (Å²) in [6.07, 6.45) is 4.74. The third-order valence-corrected chi connectivity index (χ3v) is 4.88. The molecule has 0 aromatic heterocycles. The Balaban J connectivity index is 1.82. The van der Waals surface area contributed by atoms with Crippen molar-refractivity contribution < 1.29 is 14.8 Å². The van der Waals surface area contributed by atoms with Crippen LogP contribution in [-0.2, 0) is 4.79 Å². The van der Waals surface area contributed by atoms with Crippen LogP contribution in [0.15, 0.2) is 65.6 Å². The van der Waals surface area contributed by atoms with Gasteiger partial charge in [-0.25, -0.2) is 0 Å². The van der Waals surface area contributed by atoms with Gasteiger partial charge >= 0.3 is 0 Å². The van der Waals surface area contributed by atoms with Crippen molar-refractivity contribution in [3.05, 3.63) is 81.3 Å². The first-order chi connectivity index (χ1) is 12.5. The van der Waals surface area contributed by atoms with Gasteiger partial charge < -0.3 is 5.11 Å². The maximum Gasteiger partial charge on any atom is 0.276 e. The highest BCUT2D eigenvalue weighted by Gasteiger charge is 2.32. The molecule has 6 nitrogen and oxygen atoms in total. The Morgan fingerprint density at radius 3 is 2.54 bits per heavy atom. The molecule has 1 aliphatic heterocycles. The summed E-state index contributed by atoms with van der Waals surface area (Å²) < 4.78 is 0.381. The zero-order valence-electron chi connectivity index (χ0n) is 13.2. The van der Waals surface area contributed by atoms with Gasteiger partial charge in [-0.3, -0.25) is 19.8 Å². The molecule has 1 aliphatic rings. The number of thiocarbonyl (C=S) groups is 1. The molecule has 0 radical (unpaired) electrons. The molecule has 0 spiro atoms. The van der Waals surface area contributed by atoms with E-state index in [-0.39, 0.29) is 17.3 Å². The van der Waals surface area contributed by atoms with Gasteiger partial charge in [0.05, 0.1) is 21.1 Å². The van der Waals surface area contributed by atoms with Gasteiger partial charge in [-0.2, -0.15) is 0 Å². The second-order valence-corrected chi connectivity index (χ2v) is 6.91. The zero-order valence-corrected chi connectivity index (χ0v) is 14.9. The Labute approximate surface area is 158 Å². The van der Waals surface area contributed by atoms with Crippen molar-refractivity contribution in [1.82, 2.24) is 0 Å². The molecule has 26 heavy (non-hydrogen) atoms. The smallest absolute Gasteiger partial charge is 0.276 e. The minimum atomic E-state index is -0.454. The first-order valence-corrected chi connectivity index (χ1v) is 8.67. The van der Waals surface area contributed by atoms with Gasteiger partial charge in [0, 0.05) is 6.07 Å². The number of nitro groups is 1. The summed E-state index contributed by atoms with van der Waals surface area (Å²) in [6.45, 7) is 0. The fraction of sp³-hybridized carbons (Fsp3) is 0. The van der Waals surface area contributed by atoms with Crippen LogP contribution in [0, 0.1) is 10.1 Å². The summed E-state index contributed by atoms with van der Waals surface area (Å²) in [7, 11) is 0. The molecule has 0 unspecified atom stereocenters. The number of amides is 1. The lowest BCUT2D eigenvalue weighted by atomic mass is 10.1. The first-order valence-electron chi connectivity index (χ1n) is 7.44. The van der Waals surface area contributed by atoms with Gasteiger partial charge in [0.1, 0.15) is 5.75 Å². The minimum Gasteiger partial charge on any atom is -0.508 e. The van der Waals surface area contributed by atoms with Crippen LogP contribution in [0.4, 0.5) is 11.4 Å². The summed E-state index contributed by atoms with van der Waals surface area (Å²) in [5.74, 6) is -0.181. The van der Waals surface area contributed by atoms with Crippen molar-refractivity contribution in [2.24, 2.45) is 0 Å². The minimum absolute atomic E-state index is 0.00575. The van der Waals surface area contributed by atoms with Gasteiger partial charge in [-0.1, -0.05) is 42.2 Å². The largest absolute Gasteiger partial charge is 0.508 e. The Kier molecular flexibility index (Phi) is 5.15. The van der Waals surface area contributed by atoms with Crippen molar-refractivity contribution >= 4 is 51.7 Å². The van der Waals surface area contributed by atoms with Gasteiger partial charge in [-0.15, -0.1) is 0 Å². The van der Waals surface area contributed by atoms with E-state index < -0.39 is 4.92 Å². The van der Waals surface area contributed by atoms with E-state index >= 15 is 0 Å². The molecule has 1 heterocycles. The number of aromatic hydroxyl groups is 1. The molecule has 1 amide bonds.